The maximum Gasteiger partial charge on any atom is 0.315 e. The van der Waals surface area contributed by atoms with Crippen LogP contribution in [0.4, 0.5) is 6.01 Å². The van der Waals surface area contributed by atoms with Crippen LogP contribution in [-0.4, -0.2) is 36.0 Å². The number of ether oxygens (including phenoxy) is 1. The van der Waals surface area contributed by atoms with E-state index in [1.54, 1.807) is 7.11 Å². The van der Waals surface area contributed by atoms with E-state index in [9.17, 15) is 0 Å². The van der Waals surface area contributed by atoms with Crippen molar-refractivity contribution in [3.05, 3.63) is 5.89 Å². The summed E-state index contributed by atoms with van der Waals surface area (Å²) in [5, 5.41) is 14.4. The highest BCUT2D eigenvalue weighted by Crippen LogP contribution is 2.43. The second kappa shape index (κ2) is 5.24. The second-order valence-electron chi connectivity index (χ2n) is 5.26. The minimum Gasteiger partial charge on any atom is -0.407 e. The van der Waals surface area contributed by atoms with Gasteiger partial charge in [-0.1, -0.05) is 25.9 Å². The number of methoxy groups -OCH3 is 1. The maximum absolute atomic E-state index is 5.52. The van der Waals surface area contributed by atoms with E-state index in [2.05, 4.69) is 34.7 Å². The number of nitrogens with zero attached hydrogens (tertiary/aromatic N) is 2. The number of rotatable bonds is 6. The van der Waals surface area contributed by atoms with Gasteiger partial charge < -0.3 is 19.8 Å². The topological polar surface area (TPSA) is 72.2 Å². The Hall–Kier alpha value is -1.14. The first-order chi connectivity index (χ1) is 8.57. The zero-order chi connectivity index (χ0) is 13.2. The fourth-order valence-electron chi connectivity index (χ4n) is 2.29. The molecular formula is C12H22N4O2. The molecule has 1 aliphatic rings. The third-order valence-corrected chi connectivity index (χ3v) is 3.75. The van der Waals surface area contributed by atoms with Crippen LogP contribution >= 0.6 is 0 Å². The van der Waals surface area contributed by atoms with Gasteiger partial charge in [0.25, 0.3) is 0 Å². The molecule has 2 atom stereocenters. The third kappa shape index (κ3) is 2.49. The van der Waals surface area contributed by atoms with E-state index < -0.39 is 0 Å². The average molecular weight is 254 g/mol. The van der Waals surface area contributed by atoms with Crippen LogP contribution in [0, 0.1) is 5.41 Å². The Kier molecular flexibility index (Phi) is 3.87. The summed E-state index contributed by atoms with van der Waals surface area (Å²) < 4.78 is 10.9. The Labute approximate surface area is 107 Å². The van der Waals surface area contributed by atoms with Gasteiger partial charge in [0.2, 0.25) is 5.89 Å². The molecule has 0 aliphatic heterocycles. The zero-order valence-electron chi connectivity index (χ0n) is 11.5. The fourth-order valence-corrected chi connectivity index (χ4v) is 2.29. The minimum atomic E-state index is 0.0883. The van der Waals surface area contributed by atoms with Crippen LogP contribution in [0.3, 0.4) is 0 Å². The van der Waals surface area contributed by atoms with Crippen LogP contribution in [0.15, 0.2) is 4.42 Å². The molecule has 0 saturated heterocycles. The van der Waals surface area contributed by atoms with Gasteiger partial charge in [-0.3, -0.25) is 0 Å². The molecule has 6 nitrogen and oxygen atoms in total. The molecule has 1 saturated carbocycles. The van der Waals surface area contributed by atoms with Crippen molar-refractivity contribution in [3.63, 3.8) is 0 Å². The molecule has 2 unspecified atom stereocenters. The van der Waals surface area contributed by atoms with Crippen molar-refractivity contribution >= 4 is 6.01 Å². The lowest BCUT2D eigenvalue weighted by molar-refractivity contribution is -0.0800. The molecule has 1 fully saturated rings. The summed E-state index contributed by atoms with van der Waals surface area (Å²) in [7, 11) is 1.75. The first kappa shape index (κ1) is 13.3. The predicted molar refractivity (Wildman–Crippen MR) is 68.3 cm³/mol. The quantitative estimate of drug-likeness (QED) is 0.799. The predicted octanol–water partition coefficient (Wildman–Crippen LogP) is 1.40. The molecule has 0 spiro atoms. The van der Waals surface area contributed by atoms with Crippen LogP contribution in [0.25, 0.3) is 0 Å². The van der Waals surface area contributed by atoms with E-state index in [1.807, 2.05) is 6.92 Å². The molecule has 1 aromatic heterocycles. The average Bonchev–Trinajstić information content (AvgIpc) is 2.79. The molecular weight excluding hydrogens is 232 g/mol. The Morgan fingerprint density at radius 2 is 2.22 bits per heavy atom. The summed E-state index contributed by atoms with van der Waals surface area (Å²) in [6.45, 7) is 7.89. The van der Waals surface area contributed by atoms with Gasteiger partial charge in [0.1, 0.15) is 0 Å². The summed E-state index contributed by atoms with van der Waals surface area (Å²) in [4.78, 5) is 0. The van der Waals surface area contributed by atoms with Gasteiger partial charge in [-0.2, -0.15) is 0 Å². The van der Waals surface area contributed by atoms with Gasteiger partial charge in [0.05, 0.1) is 12.6 Å². The van der Waals surface area contributed by atoms with E-state index in [0.717, 1.165) is 13.0 Å². The number of hydrogen-bond acceptors (Lipinski definition) is 6. The summed E-state index contributed by atoms with van der Waals surface area (Å²) in [6.07, 6.45) is 1.26. The van der Waals surface area contributed by atoms with Crippen molar-refractivity contribution in [2.75, 3.05) is 19.0 Å². The molecule has 6 heteroatoms. The van der Waals surface area contributed by atoms with Crippen LogP contribution in [0.2, 0.25) is 0 Å². The van der Waals surface area contributed by atoms with E-state index in [-0.39, 0.29) is 5.41 Å². The van der Waals surface area contributed by atoms with Crippen molar-refractivity contribution in [1.29, 1.82) is 0 Å². The van der Waals surface area contributed by atoms with Gasteiger partial charge in [-0.15, -0.1) is 5.10 Å². The van der Waals surface area contributed by atoms with Gasteiger partial charge in [0.15, 0.2) is 0 Å². The summed E-state index contributed by atoms with van der Waals surface area (Å²) in [6, 6.07) is 0.811. The van der Waals surface area contributed by atoms with Gasteiger partial charge in [-0.05, 0) is 13.0 Å². The summed E-state index contributed by atoms with van der Waals surface area (Å²) in [5.74, 6) is 0.611. The van der Waals surface area contributed by atoms with E-state index in [1.165, 1.54) is 0 Å². The molecule has 0 aromatic carbocycles. The maximum atomic E-state index is 5.52. The van der Waals surface area contributed by atoms with Gasteiger partial charge in [0, 0.05) is 18.6 Å². The lowest BCUT2D eigenvalue weighted by Gasteiger charge is -2.50. The molecule has 18 heavy (non-hydrogen) atoms. The van der Waals surface area contributed by atoms with Crippen LogP contribution in [-0.2, 0) is 11.3 Å². The van der Waals surface area contributed by atoms with Gasteiger partial charge >= 0.3 is 6.01 Å². The largest absolute Gasteiger partial charge is 0.407 e. The second-order valence-corrected chi connectivity index (χ2v) is 5.26. The molecule has 0 radical (unpaired) electrons. The molecule has 1 aromatic rings. The lowest BCUT2D eigenvalue weighted by atomic mass is 9.64. The Balaban J connectivity index is 1.89. The Morgan fingerprint density at radius 3 is 2.83 bits per heavy atom. The van der Waals surface area contributed by atoms with Gasteiger partial charge in [-0.25, -0.2) is 0 Å². The lowest BCUT2D eigenvalue weighted by Crippen LogP contribution is -2.57. The Bertz CT molecular complexity index is 391. The summed E-state index contributed by atoms with van der Waals surface area (Å²) >= 11 is 0. The van der Waals surface area contributed by atoms with Crippen molar-refractivity contribution in [2.45, 2.75) is 45.9 Å². The monoisotopic (exact) mass is 254 g/mol. The number of hydrogen-bond donors (Lipinski definition) is 2. The highest BCUT2D eigenvalue weighted by molar-refractivity contribution is 5.25. The smallest absolute Gasteiger partial charge is 0.315 e. The third-order valence-electron chi connectivity index (χ3n) is 3.75. The molecule has 2 N–H and O–H groups in total. The van der Waals surface area contributed by atoms with Crippen molar-refractivity contribution in [2.24, 2.45) is 5.41 Å². The molecule has 0 amide bonds. The van der Waals surface area contributed by atoms with Crippen molar-refractivity contribution in [1.82, 2.24) is 15.5 Å². The zero-order valence-corrected chi connectivity index (χ0v) is 11.5. The number of aromatic nitrogens is 2. The normalized spacial score (nSPS) is 25.8. The molecule has 0 bridgehead atoms. The molecule has 1 heterocycles. The van der Waals surface area contributed by atoms with Crippen molar-refractivity contribution < 1.29 is 9.15 Å². The van der Waals surface area contributed by atoms with Crippen LogP contribution in [0.1, 0.15) is 33.1 Å². The Morgan fingerprint density at radius 1 is 1.44 bits per heavy atom. The summed E-state index contributed by atoms with van der Waals surface area (Å²) in [5.41, 5.74) is 0.0883. The van der Waals surface area contributed by atoms with Crippen LogP contribution < -0.4 is 10.6 Å². The highest BCUT2D eigenvalue weighted by atomic mass is 16.5. The van der Waals surface area contributed by atoms with Crippen molar-refractivity contribution in [3.8, 4) is 0 Å². The van der Waals surface area contributed by atoms with Crippen LogP contribution in [0.5, 0.6) is 0 Å². The highest BCUT2D eigenvalue weighted by Gasteiger charge is 2.49. The SMILES string of the molecule is CCNCc1nnc(NC2CC(OC)C2(C)C)o1. The first-order valence-corrected chi connectivity index (χ1v) is 6.40. The standard InChI is InChI=1S/C12H22N4O2/c1-5-13-7-10-15-16-11(18-10)14-8-6-9(17-4)12(8,2)3/h8-9,13H,5-7H2,1-4H3,(H,14,16). The minimum absolute atomic E-state index is 0.0883. The molecule has 2 rings (SSSR count). The number of nitrogens with one attached hydrogen (secondary N) is 2. The number of anilines is 1. The fraction of sp³-hybridized carbons (Fsp3) is 0.833. The molecule has 102 valence electrons. The first-order valence-electron chi connectivity index (χ1n) is 6.40. The molecule has 1 aliphatic carbocycles. The van der Waals surface area contributed by atoms with E-state index in [4.69, 9.17) is 9.15 Å². The van der Waals surface area contributed by atoms with E-state index in [0.29, 0.717) is 30.6 Å². The van der Waals surface area contributed by atoms with E-state index >= 15 is 0 Å².